The van der Waals surface area contributed by atoms with E-state index in [2.05, 4.69) is 26.6 Å². The van der Waals surface area contributed by atoms with Gasteiger partial charge in [-0.2, -0.15) is 17.0 Å². The first-order chi connectivity index (χ1) is 30.5. The summed E-state index contributed by atoms with van der Waals surface area (Å²) >= 11 is 1.51. The number of carbonyl (C=O) groups is 2. The number of aromatic nitrogens is 1. The number of cyclic esters (lactones) is 1. The van der Waals surface area contributed by atoms with Gasteiger partial charge in [0.25, 0.3) is 0 Å². The molecule has 0 amide bonds. The van der Waals surface area contributed by atoms with Gasteiger partial charge in [-0.15, -0.1) is 0 Å². The normalized spacial score (nSPS) is 25.0. The number of hydrogen-bond acceptors (Lipinski definition) is 14. The number of phenolic OH excluding ortho intramolecular Hbond substituents is 1. The van der Waals surface area contributed by atoms with Gasteiger partial charge in [0, 0.05) is 70.2 Å². The van der Waals surface area contributed by atoms with Crippen LogP contribution in [0.15, 0.2) is 54.6 Å². The number of ether oxygens (including phenoxy) is 6. The molecule has 1 saturated heterocycles. The molecule has 0 aliphatic carbocycles. The number of piperazine rings is 1. The molecule has 326 valence electrons. The van der Waals surface area contributed by atoms with Gasteiger partial charge in [0.15, 0.2) is 28.5 Å². The zero-order valence-electron chi connectivity index (χ0n) is 35.8. The second-order valence-corrected chi connectivity index (χ2v) is 18.0. The fourth-order valence-corrected chi connectivity index (χ4v) is 11.9. The summed E-state index contributed by atoms with van der Waals surface area (Å²) in [4.78, 5) is 33.7. The minimum atomic E-state index is -1.28. The van der Waals surface area contributed by atoms with Crippen molar-refractivity contribution in [2.45, 2.75) is 88.6 Å². The molecular formula is C48H49N5O9S. The monoisotopic (exact) mass is 871 g/mol. The molecule has 63 heavy (non-hydrogen) atoms. The summed E-state index contributed by atoms with van der Waals surface area (Å²) in [7, 11) is 1.54. The number of nitrogens with zero attached hydrogens (tertiary/aromatic N) is 2. The molecule has 0 radical (unpaired) electrons. The Morgan fingerprint density at radius 1 is 1.06 bits per heavy atom. The number of carbonyl (C=O) groups excluding carboxylic acids is 2. The predicted molar refractivity (Wildman–Crippen MR) is 234 cm³/mol. The maximum atomic E-state index is 15.1. The van der Waals surface area contributed by atoms with Gasteiger partial charge in [0.1, 0.15) is 30.8 Å². The summed E-state index contributed by atoms with van der Waals surface area (Å²) in [6, 6.07) is 17.8. The van der Waals surface area contributed by atoms with Crippen molar-refractivity contribution in [1.29, 1.82) is 5.26 Å². The van der Waals surface area contributed by atoms with E-state index in [0.717, 1.165) is 44.6 Å². The number of thioether (sulfide) groups is 1. The topological polar surface area (TPSA) is 177 Å². The van der Waals surface area contributed by atoms with E-state index >= 15 is 4.79 Å². The van der Waals surface area contributed by atoms with E-state index in [1.807, 2.05) is 75.4 Å². The van der Waals surface area contributed by atoms with Crippen LogP contribution in [0.25, 0.3) is 10.9 Å². The lowest BCUT2D eigenvalue weighted by atomic mass is 9.77. The zero-order chi connectivity index (χ0) is 43.7. The summed E-state index contributed by atoms with van der Waals surface area (Å²) in [5, 5.41) is 31.1. The maximum absolute atomic E-state index is 15.1. The van der Waals surface area contributed by atoms with Crippen LogP contribution in [0.2, 0.25) is 0 Å². The lowest BCUT2D eigenvalue weighted by Gasteiger charge is -2.53. The number of aryl methyl sites for hydroxylation is 1. The van der Waals surface area contributed by atoms with Gasteiger partial charge in [0.05, 0.1) is 31.0 Å². The van der Waals surface area contributed by atoms with E-state index in [4.69, 9.17) is 28.4 Å². The van der Waals surface area contributed by atoms with E-state index in [9.17, 15) is 15.2 Å². The Morgan fingerprint density at radius 3 is 2.65 bits per heavy atom. The highest BCUT2D eigenvalue weighted by Gasteiger charge is 2.53. The maximum Gasteiger partial charge on any atom is 0.333 e. The van der Waals surface area contributed by atoms with Crippen LogP contribution >= 0.6 is 11.8 Å². The van der Waals surface area contributed by atoms with Crippen molar-refractivity contribution in [3.63, 3.8) is 0 Å². The van der Waals surface area contributed by atoms with Crippen molar-refractivity contribution < 1.29 is 43.1 Å². The molecule has 4 N–H and O–H groups in total. The largest absolute Gasteiger partial charge is 0.504 e. The fourth-order valence-electron chi connectivity index (χ4n) is 10.7. The van der Waals surface area contributed by atoms with E-state index in [1.54, 1.807) is 0 Å². The van der Waals surface area contributed by atoms with Gasteiger partial charge in [-0.1, -0.05) is 36.4 Å². The smallest absolute Gasteiger partial charge is 0.333 e. The second-order valence-electron chi connectivity index (χ2n) is 17.0. The first-order valence-corrected chi connectivity index (χ1v) is 22.5. The molecule has 2 bridgehead atoms. The third-order valence-electron chi connectivity index (χ3n) is 13.4. The predicted octanol–water partition coefficient (Wildman–Crippen LogP) is 6.46. The molecule has 5 aliphatic rings. The highest BCUT2D eigenvalue weighted by atomic mass is 32.2. The molecule has 15 heteroatoms. The van der Waals surface area contributed by atoms with Gasteiger partial charge in [-0.3, -0.25) is 15.0 Å². The van der Waals surface area contributed by atoms with E-state index in [-0.39, 0.29) is 30.9 Å². The summed E-state index contributed by atoms with van der Waals surface area (Å²) < 4.78 is 36.9. The number of benzene rings is 4. The molecule has 5 aromatic rings. The number of nitrogens with one attached hydrogen (secondary N) is 3. The molecule has 0 saturated carbocycles. The highest BCUT2D eigenvalue weighted by molar-refractivity contribution is 7.98. The molecule has 1 fully saturated rings. The van der Waals surface area contributed by atoms with Crippen LogP contribution in [0.1, 0.15) is 76.1 Å². The van der Waals surface area contributed by atoms with Gasteiger partial charge in [-0.05, 0) is 74.1 Å². The van der Waals surface area contributed by atoms with Crippen molar-refractivity contribution in [2.24, 2.45) is 0 Å². The Balaban J connectivity index is 1.09. The number of H-pyrrole nitrogens is 1. The summed E-state index contributed by atoms with van der Waals surface area (Å²) in [6.07, 6.45) is 1.13. The fraction of sp³-hybridized carbons (Fsp3) is 0.396. The third-order valence-corrected chi connectivity index (χ3v) is 14.5. The Kier molecular flexibility index (Phi) is 10.4. The second kappa shape index (κ2) is 16.0. The molecule has 6 atom stereocenters. The van der Waals surface area contributed by atoms with Crippen LogP contribution in [-0.2, 0) is 45.1 Å². The SMILES string of the molecule is COc1c(C)cc2c(c1O)[C@H]1N[C@@H](C2)[C@H](C#N)N([C@H]2COC(=O)[C@]3(CSCc4c(OC(C)=O)c(C)c5c(c42)OCO5)NCCc2c3[nH]c3ccc(OCc4ccccc4)cc23)C1C. The average Bonchev–Trinajstić information content (AvgIpc) is 3.92. The Hall–Kier alpha value is -5.92. The summed E-state index contributed by atoms with van der Waals surface area (Å²) in [5.74, 6) is 2.07. The summed E-state index contributed by atoms with van der Waals surface area (Å²) in [6.45, 7) is 7.81. The number of methoxy groups -OCH3 is 1. The average molecular weight is 872 g/mol. The molecule has 6 heterocycles. The number of rotatable bonds is 6. The van der Waals surface area contributed by atoms with Gasteiger partial charge < -0.3 is 43.8 Å². The molecule has 4 aromatic carbocycles. The van der Waals surface area contributed by atoms with Crippen LogP contribution in [0.5, 0.6) is 34.5 Å². The number of aromatic amines is 1. The minimum absolute atomic E-state index is 0.0552. The van der Waals surface area contributed by atoms with Gasteiger partial charge in [0.2, 0.25) is 6.79 Å². The Morgan fingerprint density at radius 2 is 1.87 bits per heavy atom. The van der Waals surface area contributed by atoms with Crippen molar-refractivity contribution in [2.75, 3.05) is 32.8 Å². The molecule has 1 unspecified atom stereocenters. The van der Waals surface area contributed by atoms with Crippen LogP contribution < -0.4 is 34.3 Å². The van der Waals surface area contributed by atoms with Crippen LogP contribution in [0.3, 0.4) is 0 Å². The molecule has 5 aliphatic heterocycles. The zero-order valence-corrected chi connectivity index (χ0v) is 36.6. The van der Waals surface area contributed by atoms with Crippen molar-refractivity contribution in [1.82, 2.24) is 20.5 Å². The molecule has 1 aromatic heterocycles. The minimum Gasteiger partial charge on any atom is -0.504 e. The number of aromatic hydroxyl groups is 1. The Labute approximate surface area is 369 Å². The van der Waals surface area contributed by atoms with Crippen molar-refractivity contribution in [3.05, 3.63) is 105 Å². The van der Waals surface area contributed by atoms with Crippen LogP contribution in [0.4, 0.5) is 0 Å². The van der Waals surface area contributed by atoms with Gasteiger partial charge >= 0.3 is 11.9 Å². The molecule has 14 nitrogen and oxygen atoms in total. The van der Waals surface area contributed by atoms with E-state index in [1.165, 1.54) is 25.8 Å². The lowest BCUT2D eigenvalue weighted by Crippen LogP contribution is -2.66. The molecule has 10 rings (SSSR count). The van der Waals surface area contributed by atoms with Crippen LogP contribution in [-0.4, -0.2) is 77.9 Å². The number of nitriles is 1. The lowest BCUT2D eigenvalue weighted by molar-refractivity contribution is -0.155. The third kappa shape index (κ3) is 6.65. The number of phenols is 1. The highest BCUT2D eigenvalue weighted by Crippen LogP contribution is 2.55. The van der Waals surface area contributed by atoms with Crippen molar-refractivity contribution in [3.8, 4) is 40.6 Å². The summed E-state index contributed by atoms with van der Waals surface area (Å²) in [5.41, 5.74) is 6.79. The van der Waals surface area contributed by atoms with E-state index in [0.29, 0.717) is 77.0 Å². The first kappa shape index (κ1) is 41.1. The number of esters is 2. The Bertz CT molecular complexity index is 2720. The number of fused-ring (bicyclic) bond motifs is 11. The molecular weight excluding hydrogens is 823 g/mol. The number of hydrogen-bond donors (Lipinski definition) is 4. The van der Waals surface area contributed by atoms with Crippen molar-refractivity contribution >= 4 is 34.6 Å². The first-order valence-electron chi connectivity index (χ1n) is 21.3. The van der Waals surface area contributed by atoms with Gasteiger partial charge in [-0.25, -0.2) is 4.79 Å². The quantitative estimate of drug-likeness (QED) is 0.108. The van der Waals surface area contributed by atoms with E-state index < -0.39 is 41.6 Å². The van der Waals surface area contributed by atoms with Crippen LogP contribution in [0, 0.1) is 25.2 Å². The molecule has 1 spiro atoms. The standard InChI is InChI=1S/C48H49N5O9S/c1-24-15-29-16-35-36(18-49)53(26(3)40(51-35)38(29)41(55)42(24)57-5)37-20-59-47(56)48(22-63-21-33-39(37)45-44(60-23-61-45)25(2)43(33)62-27(4)54)46-31(13-14-50-48)32-17-30(11-12-34(32)52-46)58-19-28-9-7-6-8-10-28/h6-12,15,17,26,35-37,40,50-52,55H,13-14,16,19-23H2,1-5H3/t26?,35-,36-,37-,40-,48+/m0/s1.